The second-order valence-corrected chi connectivity index (χ2v) is 6.23. The fourth-order valence-electron chi connectivity index (χ4n) is 2.45. The Morgan fingerprint density at radius 3 is 2.39 bits per heavy atom. The molecular weight excluding hydrogens is 230 g/mol. The molecule has 0 aromatic carbocycles. The van der Waals surface area contributed by atoms with E-state index in [1.165, 1.54) is 0 Å². The SMILES string of the molecule is CC(C)(C)OC(=O)NC1CCC(CCCO)CC1. The minimum absolute atomic E-state index is 0.255. The number of aliphatic hydroxyl groups excluding tert-OH is 1. The number of aliphatic hydroxyl groups is 1. The fourth-order valence-corrected chi connectivity index (χ4v) is 2.45. The first-order valence-corrected chi connectivity index (χ1v) is 7.01. The van der Waals surface area contributed by atoms with Gasteiger partial charge in [-0.25, -0.2) is 4.79 Å². The van der Waals surface area contributed by atoms with Crippen LogP contribution in [-0.2, 0) is 4.74 Å². The maximum atomic E-state index is 11.6. The van der Waals surface area contributed by atoms with Crippen LogP contribution in [0.25, 0.3) is 0 Å². The summed E-state index contributed by atoms with van der Waals surface area (Å²) in [7, 11) is 0. The molecule has 0 saturated heterocycles. The van der Waals surface area contributed by atoms with Crippen LogP contribution < -0.4 is 5.32 Å². The van der Waals surface area contributed by atoms with Gasteiger partial charge in [-0.15, -0.1) is 0 Å². The van der Waals surface area contributed by atoms with Crippen molar-refractivity contribution in [3.63, 3.8) is 0 Å². The number of amides is 1. The van der Waals surface area contributed by atoms with Crippen molar-refractivity contribution < 1.29 is 14.6 Å². The van der Waals surface area contributed by atoms with E-state index < -0.39 is 5.60 Å². The van der Waals surface area contributed by atoms with Crippen molar-refractivity contribution in [2.75, 3.05) is 6.61 Å². The number of alkyl carbamates (subject to hydrolysis) is 1. The molecule has 2 N–H and O–H groups in total. The Morgan fingerprint density at radius 1 is 1.28 bits per heavy atom. The van der Waals surface area contributed by atoms with Gasteiger partial charge in [-0.1, -0.05) is 0 Å². The van der Waals surface area contributed by atoms with Crippen LogP contribution in [0.5, 0.6) is 0 Å². The Bertz CT molecular complexity index is 252. The number of carbonyl (C=O) groups excluding carboxylic acids is 1. The standard InChI is InChI=1S/C14H27NO3/c1-14(2,3)18-13(17)15-12-8-6-11(7-9-12)5-4-10-16/h11-12,16H,4-10H2,1-3H3,(H,15,17). The van der Waals surface area contributed by atoms with Crippen LogP contribution in [0, 0.1) is 5.92 Å². The smallest absolute Gasteiger partial charge is 0.407 e. The van der Waals surface area contributed by atoms with Crippen molar-refractivity contribution in [1.29, 1.82) is 0 Å². The van der Waals surface area contributed by atoms with E-state index in [0.717, 1.165) is 38.5 Å². The highest BCUT2D eigenvalue weighted by Gasteiger charge is 2.24. The van der Waals surface area contributed by atoms with Crippen LogP contribution in [-0.4, -0.2) is 29.4 Å². The van der Waals surface area contributed by atoms with E-state index >= 15 is 0 Å². The lowest BCUT2D eigenvalue weighted by Crippen LogP contribution is -2.40. The van der Waals surface area contributed by atoms with Crippen LogP contribution in [0.4, 0.5) is 4.79 Å². The maximum Gasteiger partial charge on any atom is 0.407 e. The van der Waals surface area contributed by atoms with Gasteiger partial charge < -0.3 is 15.2 Å². The largest absolute Gasteiger partial charge is 0.444 e. The highest BCUT2D eigenvalue weighted by atomic mass is 16.6. The molecule has 1 saturated carbocycles. The predicted molar refractivity (Wildman–Crippen MR) is 71.4 cm³/mol. The molecule has 0 aliphatic heterocycles. The topological polar surface area (TPSA) is 58.6 Å². The minimum atomic E-state index is -0.428. The first kappa shape index (κ1) is 15.3. The molecule has 1 amide bonds. The Balaban J connectivity index is 2.21. The zero-order valence-corrected chi connectivity index (χ0v) is 11.9. The zero-order chi connectivity index (χ0) is 13.6. The van der Waals surface area contributed by atoms with Gasteiger partial charge in [0.25, 0.3) is 0 Å². The molecule has 0 spiro atoms. The third-order valence-electron chi connectivity index (χ3n) is 3.34. The minimum Gasteiger partial charge on any atom is -0.444 e. The van der Waals surface area contributed by atoms with Crippen molar-refractivity contribution in [2.24, 2.45) is 5.92 Å². The van der Waals surface area contributed by atoms with Crippen LogP contribution in [0.3, 0.4) is 0 Å². The van der Waals surface area contributed by atoms with Crippen LogP contribution >= 0.6 is 0 Å². The predicted octanol–water partition coefficient (Wildman–Crippen LogP) is 2.84. The van der Waals surface area contributed by atoms with E-state index in [1.807, 2.05) is 20.8 Å². The normalized spacial score (nSPS) is 24.7. The highest BCUT2D eigenvalue weighted by molar-refractivity contribution is 5.68. The van der Waals surface area contributed by atoms with Crippen molar-refractivity contribution in [2.45, 2.75) is 70.9 Å². The van der Waals surface area contributed by atoms with Gasteiger partial charge in [0.05, 0.1) is 0 Å². The third kappa shape index (κ3) is 6.24. The number of hydrogen-bond donors (Lipinski definition) is 2. The van der Waals surface area contributed by atoms with Gasteiger partial charge in [-0.3, -0.25) is 0 Å². The average Bonchev–Trinajstić information content (AvgIpc) is 2.25. The highest BCUT2D eigenvalue weighted by Crippen LogP contribution is 2.27. The first-order valence-electron chi connectivity index (χ1n) is 7.01. The Morgan fingerprint density at radius 2 is 1.89 bits per heavy atom. The summed E-state index contributed by atoms with van der Waals surface area (Å²) >= 11 is 0. The molecule has 4 nitrogen and oxygen atoms in total. The average molecular weight is 257 g/mol. The molecule has 0 radical (unpaired) electrons. The molecular formula is C14H27NO3. The van der Waals surface area contributed by atoms with Gasteiger partial charge in [0.2, 0.25) is 0 Å². The molecule has 1 aliphatic rings. The van der Waals surface area contributed by atoms with E-state index in [9.17, 15) is 4.79 Å². The lowest BCUT2D eigenvalue weighted by molar-refractivity contribution is 0.0486. The molecule has 18 heavy (non-hydrogen) atoms. The van der Waals surface area contributed by atoms with Crippen molar-refractivity contribution in [3.05, 3.63) is 0 Å². The summed E-state index contributed by atoms with van der Waals surface area (Å²) in [4.78, 5) is 11.6. The zero-order valence-electron chi connectivity index (χ0n) is 11.9. The molecule has 1 fully saturated rings. The molecule has 0 aromatic heterocycles. The number of nitrogens with one attached hydrogen (secondary N) is 1. The summed E-state index contributed by atoms with van der Waals surface area (Å²) in [6.07, 6.45) is 6.03. The summed E-state index contributed by atoms with van der Waals surface area (Å²) in [5.74, 6) is 0.717. The molecule has 4 heteroatoms. The molecule has 0 bridgehead atoms. The Hall–Kier alpha value is -0.770. The van der Waals surface area contributed by atoms with Gasteiger partial charge in [-0.05, 0) is 65.2 Å². The summed E-state index contributed by atoms with van der Waals surface area (Å²) in [6, 6.07) is 0.255. The van der Waals surface area contributed by atoms with Crippen molar-refractivity contribution in [1.82, 2.24) is 5.32 Å². The number of ether oxygens (including phenoxy) is 1. The number of carbonyl (C=O) groups is 1. The van der Waals surface area contributed by atoms with Gasteiger partial charge in [0.1, 0.15) is 5.60 Å². The summed E-state index contributed by atoms with van der Waals surface area (Å²) < 4.78 is 5.25. The number of rotatable bonds is 4. The molecule has 0 aromatic rings. The Kier molecular flexibility index (Phi) is 5.93. The quantitative estimate of drug-likeness (QED) is 0.814. The van der Waals surface area contributed by atoms with Gasteiger partial charge in [-0.2, -0.15) is 0 Å². The van der Waals surface area contributed by atoms with Gasteiger partial charge in [0.15, 0.2) is 0 Å². The molecule has 0 atom stereocenters. The Labute approximate surface area is 110 Å². The van der Waals surface area contributed by atoms with Crippen molar-refractivity contribution >= 4 is 6.09 Å². The van der Waals surface area contributed by atoms with E-state index in [2.05, 4.69) is 5.32 Å². The molecule has 1 aliphatic carbocycles. The molecule has 0 heterocycles. The van der Waals surface area contributed by atoms with Crippen molar-refractivity contribution in [3.8, 4) is 0 Å². The lowest BCUT2D eigenvalue weighted by Gasteiger charge is -2.30. The van der Waals surface area contributed by atoms with Crippen LogP contribution in [0.2, 0.25) is 0 Å². The molecule has 106 valence electrons. The van der Waals surface area contributed by atoms with E-state index in [4.69, 9.17) is 9.84 Å². The van der Waals surface area contributed by atoms with E-state index in [1.54, 1.807) is 0 Å². The maximum absolute atomic E-state index is 11.6. The second kappa shape index (κ2) is 6.98. The van der Waals surface area contributed by atoms with Gasteiger partial charge >= 0.3 is 6.09 Å². The summed E-state index contributed by atoms with van der Waals surface area (Å²) in [6.45, 7) is 5.91. The molecule has 1 rings (SSSR count). The first-order chi connectivity index (χ1) is 8.40. The van der Waals surface area contributed by atoms with E-state index in [0.29, 0.717) is 5.92 Å². The second-order valence-electron chi connectivity index (χ2n) is 6.23. The monoisotopic (exact) mass is 257 g/mol. The number of hydrogen-bond acceptors (Lipinski definition) is 3. The van der Waals surface area contributed by atoms with E-state index in [-0.39, 0.29) is 18.7 Å². The molecule has 0 unspecified atom stereocenters. The fraction of sp³-hybridized carbons (Fsp3) is 0.929. The van der Waals surface area contributed by atoms with Crippen LogP contribution in [0.1, 0.15) is 59.3 Å². The third-order valence-corrected chi connectivity index (χ3v) is 3.34. The van der Waals surface area contributed by atoms with Crippen LogP contribution in [0.15, 0.2) is 0 Å². The lowest BCUT2D eigenvalue weighted by atomic mass is 9.83. The summed E-state index contributed by atoms with van der Waals surface area (Å²) in [5, 5.41) is 11.7. The van der Waals surface area contributed by atoms with Gasteiger partial charge in [0, 0.05) is 12.6 Å². The summed E-state index contributed by atoms with van der Waals surface area (Å²) in [5.41, 5.74) is -0.428.